The van der Waals surface area contributed by atoms with E-state index in [-0.39, 0.29) is 12.1 Å². The average molecular weight is 367 g/mol. The van der Waals surface area contributed by atoms with Crippen molar-refractivity contribution in [1.82, 2.24) is 0 Å². The molecule has 2 aromatic carbocycles. The Morgan fingerprint density at radius 2 is 1.93 bits per heavy atom. The summed E-state index contributed by atoms with van der Waals surface area (Å²) in [7, 11) is 0. The molecule has 0 N–H and O–H groups in total. The van der Waals surface area contributed by atoms with Crippen molar-refractivity contribution in [2.45, 2.75) is 25.6 Å². The van der Waals surface area contributed by atoms with Gasteiger partial charge in [-0.1, -0.05) is 30.3 Å². The number of nitro benzene ring substituents is 1. The summed E-state index contributed by atoms with van der Waals surface area (Å²) in [5, 5.41) is 12.2. The van der Waals surface area contributed by atoms with E-state index in [2.05, 4.69) is 0 Å². The van der Waals surface area contributed by atoms with Crippen molar-refractivity contribution < 1.29 is 18.8 Å². The number of hydrogen-bond donors (Lipinski definition) is 0. The van der Waals surface area contributed by atoms with Crippen LogP contribution in [0, 0.1) is 10.1 Å². The van der Waals surface area contributed by atoms with Gasteiger partial charge in [-0.3, -0.25) is 10.1 Å². The van der Waals surface area contributed by atoms with Gasteiger partial charge in [0.25, 0.3) is 5.69 Å². The normalized spacial score (nSPS) is 18.7. The van der Waals surface area contributed by atoms with Gasteiger partial charge in [0.05, 0.1) is 15.9 Å². The van der Waals surface area contributed by atoms with Crippen molar-refractivity contribution in [2.24, 2.45) is 0 Å². The van der Waals surface area contributed by atoms with Crippen LogP contribution < -0.4 is 10.4 Å². The first-order valence-corrected chi connectivity index (χ1v) is 8.67. The molecule has 1 aliphatic heterocycles. The lowest BCUT2D eigenvalue weighted by atomic mass is 9.85. The smallest absolute Gasteiger partial charge is 0.343 e. The number of ether oxygens (including phenoxy) is 2. The van der Waals surface area contributed by atoms with E-state index in [1.807, 2.05) is 13.0 Å². The molecule has 27 heavy (non-hydrogen) atoms. The summed E-state index contributed by atoms with van der Waals surface area (Å²) < 4.78 is 17.1. The molecular formula is C20H17NO6. The van der Waals surface area contributed by atoms with E-state index in [9.17, 15) is 14.9 Å². The molecule has 7 heteroatoms. The molecule has 2 atom stereocenters. The Bertz CT molecular complexity index is 1070. The molecule has 0 bridgehead atoms. The molecule has 3 aromatic rings. The van der Waals surface area contributed by atoms with Gasteiger partial charge in [0.2, 0.25) is 6.29 Å². The minimum absolute atomic E-state index is 0.0434. The fraction of sp³-hybridized carbons (Fsp3) is 0.250. The maximum Gasteiger partial charge on any atom is 0.343 e. The van der Waals surface area contributed by atoms with E-state index >= 15 is 0 Å². The summed E-state index contributed by atoms with van der Waals surface area (Å²) in [5.41, 5.74) is 0.540. The highest BCUT2D eigenvalue weighted by Gasteiger charge is 2.37. The van der Waals surface area contributed by atoms with E-state index in [1.165, 1.54) is 6.07 Å². The number of benzene rings is 2. The van der Waals surface area contributed by atoms with Gasteiger partial charge in [-0.2, -0.15) is 0 Å². The third-order valence-corrected chi connectivity index (χ3v) is 4.69. The van der Waals surface area contributed by atoms with Crippen LogP contribution in [-0.4, -0.2) is 17.8 Å². The zero-order chi connectivity index (χ0) is 19.0. The predicted octanol–water partition coefficient (Wildman–Crippen LogP) is 3.98. The first-order chi connectivity index (χ1) is 13.1. The predicted molar refractivity (Wildman–Crippen MR) is 98.1 cm³/mol. The van der Waals surface area contributed by atoms with Gasteiger partial charge in [-0.25, -0.2) is 4.79 Å². The molecule has 0 unspecified atom stereocenters. The Kier molecular flexibility index (Phi) is 4.37. The lowest BCUT2D eigenvalue weighted by Crippen LogP contribution is -2.32. The Morgan fingerprint density at radius 1 is 1.19 bits per heavy atom. The highest BCUT2D eigenvalue weighted by Crippen LogP contribution is 2.44. The van der Waals surface area contributed by atoms with Gasteiger partial charge in [-0.05, 0) is 19.1 Å². The number of para-hydroxylation sites is 2. The van der Waals surface area contributed by atoms with Crippen LogP contribution >= 0.6 is 0 Å². The third-order valence-electron chi connectivity index (χ3n) is 4.69. The second-order valence-corrected chi connectivity index (χ2v) is 6.24. The summed E-state index contributed by atoms with van der Waals surface area (Å²) in [6.07, 6.45) is -0.327. The quantitative estimate of drug-likeness (QED) is 0.393. The molecule has 0 fully saturated rings. The van der Waals surface area contributed by atoms with E-state index in [1.54, 1.807) is 36.4 Å². The van der Waals surface area contributed by atoms with Crippen molar-refractivity contribution in [1.29, 1.82) is 0 Å². The van der Waals surface area contributed by atoms with Crippen LogP contribution in [-0.2, 0) is 4.74 Å². The van der Waals surface area contributed by atoms with Gasteiger partial charge in [0.1, 0.15) is 11.3 Å². The minimum atomic E-state index is -0.613. The molecule has 0 aliphatic carbocycles. The highest BCUT2D eigenvalue weighted by molar-refractivity contribution is 5.85. The van der Waals surface area contributed by atoms with Crippen LogP contribution in [0.5, 0.6) is 5.75 Å². The zero-order valence-electron chi connectivity index (χ0n) is 14.6. The second kappa shape index (κ2) is 6.85. The van der Waals surface area contributed by atoms with Crippen molar-refractivity contribution in [3.63, 3.8) is 0 Å². The van der Waals surface area contributed by atoms with E-state index in [0.29, 0.717) is 34.5 Å². The number of fused-ring (bicyclic) bond motifs is 3. The van der Waals surface area contributed by atoms with Gasteiger partial charge >= 0.3 is 5.63 Å². The van der Waals surface area contributed by atoms with Gasteiger partial charge in [0.15, 0.2) is 0 Å². The van der Waals surface area contributed by atoms with E-state index < -0.39 is 22.8 Å². The summed E-state index contributed by atoms with van der Waals surface area (Å²) in [6.45, 7) is 2.26. The molecule has 1 aromatic heterocycles. The minimum Gasteiger partial charge on any atom is -0.464 e. The largest absolute Gasteiger partial charge is 0.464 e. The first-order valence-electron chi connectivity index (χ1n) is 8.67. The van der Waals surface area contributed by atoms with Crippen molar-refractivity contribution in [2.75, 3.05) is 6.61 Å². The Balaban J connectivity index is 1.98. The zero-order valence-corrected chi connectivity index (χ0v) is 14.6. The number of nitrogens with zero attached hydrogens (tertiary/aromatic N) is 1. The summed E-state index contributed by atoms with van der Waals surface area (Å²) >= 11 is 0. The third kappa shape index (κ3) is 2.96. The molecule has 0 radical (unpaired) electrons. The maximum atomic E-state index is 12.7. The molecule has 1 aliphatic rings. The molecule has 0 amide bonds. The summed E-state index contributed by atoms with van der Waals surface area (Å²) in [6, 6.07) is 13.5. The number of hydrogen-bond acceptors (Lipinski definition) is 6. The van der Waals surface area contributed by atoms with Gasteiger partial charge < -0.3 is 13.9 Å². The molecule has 4 rings (SSSR count). The fourth-order valence-corrected chi connectivity index (χ4v) is 3.57. The molecule has 138 valence electrons. The molecule has 0 spiro atoms. The van der Waals surface area contributed by atoms with Crippen LogP contribution in [0.25, 0.3) is 11.0 Å². The van der Waals surface area contributed by atoms with Crippen molar-refractivity contribution >= 4 is 16.7 Å². The summed E-state index contributed by atoms with van der Waals surface area (Å²) in [4.78, 5) is 23.8. The second-order valence-electron chi connectivity index (χ2n) is 6.24. The highest BCUT2D eigenvalue weighted by atomic mass is 16.7. The van der Waals surface area contributed by atoms with Crippen molar-refractivity contribution in [3.8, 4) is 5.75 Å². The molecule has 0 saturated heterocycles. The topological polar surface area (TPSA) is 91.8 Å². The molecule has 7 nitrogen and oxygen atoms in total. The number of rotatable bonds is 4. The molecule has 2 heterocycles. The Labute approximate surface area is 154 Å². The SMILES string of the molecule is CCO[C@@H]1C[C@@H](c2ccccc2[N+](=O)[O-])c2c(c3ccccc3oc2=O)O1. The monoisotopic (exact) mass is 367 g/mol. The van der Waals surface area contributed by atoms with Gasteiger partial charge in [-0.15, -0.1) is 0 Å². The van der Waals surface area contributed by atoms with E-state index in [4.69, 9.17) is 13.9 Å². The van der Waals surface area contributed by atoms with Crippen LogP contribution in [0.15, 0.2) is 57.7 Å². The molecule has 0 saturated carbocycles. The lowest BCUT2D eigenvalue weighted by Gasteiger charge is -2.31. The fourth-order valence-electron chi connectivity index (χ4n) is 3.57. The Morgan fingerprint density at radius 3 is 2.70 bits per heavy atom. The van der Waals surface area contributed by atoms with Crippen molar-refractivity contribution in [3.05, 3.63) is 80.2 Å². The molecular weight excluding hydrogens is 350 g/mol. The summed E-state index contributed by atoms with van der Waals surface area (Å²) in [5.74, 6) is -0.192. The lowest BCUT2D eigenvalue weighted by molar-refractivity contribution is -0.385. The van der Waals surface area contributed by atoms with Crippen LogP contribution in [0.3, 0.4) is 0 Å². The Hall–Kier alpha value is -3.19. The maximum absolute atomic E-state index is 12.7. The van der Waals surface area contributed by atoms with E-state index in [0.717, 1.165) is 0 Å². The number of nitro groups is 1. The van der Waals surface area contributed by atoms with Crippen LogP contribution in [0.4, 0.5) is 5.69 Å². The van der Waals surface area contributed by atoms with Gasteiger partial charge in [0, 0.05) is 30.6 Å². The standard InChI is InChI=1S/C20H17NO6/c1-2-25-17-11-14(12-7-3-5-9-15(12)21(23)24)18-19(27-17)13-8-4-6-10-16(13)26-20(18)22/h3-10,14,17H,2,11H2,1H3/t14-,17-/m0/s1. The first kappa shape index (κ1) is 17.2. The van der Waals surface area contributed by atoms with Crippen LogP contribution in [0.2, 0.25) is 0 Å². The van der Waals surface area contributed by atoms with Crippen LogP contribution in [0.1, 0.15) is 30.4 Å². The average Bonchev–Trinajstić information content (AvgIpc) is 2.67.